The van der Waals surface area contributed by atoms with Crippen LogP contribution in [-0.4, -0.2) is 24.4 Å². The second-order valence-electron chi connectivity index (χ2n) is 5.23. The minimum Gasteiger partial charge on any atom is -0.354 e. The van der Waals surface area contributed by atoms with Crippen LogP contribution in [0.5, 0.6) is 0 Å². The highest BCUT2D eigenvalue weighted by molar-refractivity contribution is 7.14. The molecule has 5 heteroatoms. The van der Waals surface area contributed by atoms with Crippen LogP contribution in [0, 0.1) is 0 Å². The number of rotatable bonds is 2. The first kappa shape index (κ1) is 12.7. The van der Waals surface area contributed by atoms with Crippen molar-refractivity contribution in [2.75, 3.05) is 6.54 Å². The van der Waals surface area contributed by atoms with Gasteiger partial charge in [-0.3, -0.25) is 9.59 Å². The first-order chi connectivity index (χ1) is 9.24. The fourth-order valence-corrected chi connectivity index (χ4v) is 3.90. The van der Waals surface area contributed by atoms with Gasteiger partial charge in [0, 0.05) is 11.4 Å². The largest absolute Gasteiger partial charge is 0.354 e. The lowest BCUT2D eigenvalue weighted by Gasteiger charge is -2.14. The molecule has 102 valence electrons. The second-order valence-corrected chi connectivity index (χ2v) is 6.36. The van der Waals surface area contributed by atoms with Gasteiger partial charge in [0.05, 0.1) is 4.88 Å². The monoisotopic (exact) mass is 278 g/mol. The van der Waals surface area contributed by atoms with Gasteiger partial charge in [0.2, 0.25) is 5.91 Å². The highest BCUT2D eigenvalue weighted by atomic mass is 32.1. The number of hydrogen-bond acceptors (Lipinski definition) is 3. The molecule has 0 spiro atoms. The highest BCUT2D eigenvalue weighted by Gasteiger charge is 2.25. The average molecular weight is 278 g/mol. The SMILES string of the molecule is O=C(N[C@H]1CCCCNC1=O)c1cc2c(s1)CCC2. The topological polar surface area (TPSA) is 58.2 Å². The molecule has 2 aliphatic rings. The van der Waals surface area contributed by atoms with Gasteiger partial charge >= 0.3 is 0 Å². The molecule has 0 aromatic carbocycles. The molecule has 1 atom stereocenters. The summed E-state index contributed by atoms with van der Waals surface area (Å²) in [6.45, 7) is 0.721. The smallest absolute Gasteiger partial charge is 0.262 e. The number of hydrogen-bond donors (Lipinski definition) is 2. The number of thiophene rings is 1. The molecule has 0 saturated carbocycles. The van der Waals surface area contributed by atoms with Crippen molar-refractivity contribution in [1.29, 1.82) is 0 Å². The summed E-state index contributed by atoms with van der Waals surface area (Å²) in [7, 11) is 0. The lowest BCUT2D eigenvalue weighted by molar-refractivity contribution is -0.122. The van der Waals surface area contributed by atoms with Gasteiger partial charge in [-0.2, -0.15) is 0 Å². The Bertz CT molecular complexity index is 488. The molecule has 4 nitrogen and oxygen atoms in total. The van der Waals surface area contributed by atoms with Crippen molar-refractivity contribution in [1.82, 2.24) is 10.6 Å². The van der Waals surface area contributed by atoms with Crippen molar-refractivity contribution in [3.8, 4) is 0 Å². The van der Waals surface area contributed by atoms with Gasteiger partial charge < -0.3 is 10.6 Å². The van der Waals surface area contributed by atoms with Crippen LogP contribution in [0.1, 0.15) is 45.8 Å². The number of fused-ring (bicyclic) bond motifs is 1. The van der Waals surface area contributed by atoms with Gasteiger partial charge in [-0.1, -0.05) is 0 Å². The average Bonchev–Trinajstić information content (AvgIpc) is 2.91. The van der Waals surface area contributed by atoms with Crippen molar-refractivity contribution < 1.29 is 9.59 Å². The van der Waals surface area contributed by atoms with E-state index in [4.69, 9.17) is 0 Å². The zero-order valence-corrected chi connectivity index (χ0v) is 11.6. The minimum atomic E-state index is -0.369. The first-order valence-electron chi connectivity index (χ1n) is 6.94. The van der Waals surface area contributed by atoms with Gasteiger partial charge in [0.15, 0.2) is 0 Å². The van der Waals surface area contributed by atoms with Gasteiger partial charge in [-0.25, -0.2) is 0 Å². The summed E-state index contributed by atoms with van der Waals surface area (Å²) in [6, 6.07) is 1.63. The number of aryl methyl sites for hydroxylation is 2. The van der Waals surface area contributed by atoms with E-state index in [2.05, 4.69) is 10.6 Å². The Kier molecular flexibility index (Phi) is 3.55. The fourth-order valence-electron chi connectivity index (χ4n) is 2.75. The molecule has 2 amide bonds. The van der Waals surface area contributed by atoms with Crippen LogP contribution in [0.2, 0.25) is 0 Å². The van der Waals surface area contributed by atoms with Crippen molar-refractivity contribution in [2.24, 2.45) is 0 Å². The van der Waals surface area contributed by atoms with E-state index in [0.717, 1.165) is 43.5 Å². The van der Waals surface area contributed by atoms with Crippen LogP contribution in [0.3, 0.4) is 0 Å². The third-order valence-electron chi connectivity index (χ3n) is 3.81. The number of nitrogens with one attached hydrogen (secondary N) is 2. The minimum absolute atomic E-state index is 0.0463. The molecule has 0 unspecified atom stereocenters. The molecule has 1 aromatic heterocycles. The van der Waals surface area contributed by atoms with Crippen LogP contribution in [0.15, 0.2) is 6.07 Å². The van der Waals surface area contributed by atoms with Crippen molar-refractivity contribution >= 4 is 23.2 Å². The molecule has 1 aliphatic carbocycles. The summed E-state index contributed by atoms with van der Waals surface area (Å²) in [6.07, 6.45) is 6.09. The van der Waals surface area contributed by atoms with E-state index in [1.54, 1.807) is 11.3 Å². The van der Waals surface area contributed by atoms with Crippen LogP contribution in [-0.2, 0) is 17.6 Å². The maximum absolute atomic E-state index is 12.2. The molecule has 19 heavy (non-hydrogen) atoms. The maximum Gasteiger partial charge on any atom is 0.262 e. The Balaban J connectivity index is 1.68. The zero-order valence-electron chi connectivity index (χ0n) is 10.8. The number of amides is 2. The quantitative estimate of drug-likeness (QED) is 0.864. The molecule has 3 rings (SSSR count). The van der Waals surface area contributed by atoms with E-state index in [1.807, 2.05) is 6.07 Å². The van der Waals surface area contributed by atoms with Crippen LogP contribution in [0.4, 0.5) is 0 Å². The first-order valence-corrected chi connectivity index (χ1v) is 7.76. The van der Waals surface area contributed by atoms with Gasteiger partial charge in [0.25, 0.3) is 5.91 Å². The molecule has 1 saturated heterocycles. The standard InChI is InChI=1S/C14H18N2O2S/c17-13-10(5-1-2-7-15-13)16-14(18)12-8-9-4-3-6-11(9)19-12/h8,10H,1-7H2,(H,15,17)(H,16,18)/t10-/m0/s1. The van der Waals surface area contributed by atoms with E-state index >= 15 is 0 Å². The van der Waals surface area contributed by atoms with Crippen LogP contribution < -0.4 is 10.6 Å². The molecule has 1 aromatic rings. The Hall–Kier alpha value is -1.36. The Labute approximate surface area is 116 Å². The second kappa shape index (κ2) is 5.33. The fraction of sp³-hybridized carbons (Fsp3) is 0.571. The summed E-state index contributed by atoms with van der Waals surface area (Å²) >= 11 is 1.58. The van der Waals surface area contributed by atoms with Crippen LogP contribution >= 0.6 is 11.3 Å². The Morgan fingerprint density at radius 1 is 1.32 bits per heavy atom. The predicted octanol–water partition coefficient (Wildman–Crippen LogP) is 1.64. The molecule has 1 fully saturated rings. The molecule has 2 N–H and O–H groups in total. The summed E-state index contributed by atoms with van der Waals surface area (Å²) in [5, 5.41) is 5.71. The van der Waals surface area contributed by atoms with E-state index < -0.39 is 0 Å². The van der Waals surface area contributed by atoms with E-state index in [0.29, 0.717) is 0 Å². The van der Waals surface area contributed by atoms with Crippen molar-refractivity contribution in [3.63, 3.8) is 0 Å². The van der Waals surface area contributed by atoms with Gasteiger partial charge in [-0.05, 0) is 50.2 Å². The normalized spacial score (nSPS) is 22.5. The molecular formula is C14H18N2O2S. The number of carbonyl (C=O) groups excluding carboxylic acids is 2. The lowest BCUT2D eigenvalue weighted by atomic mass is 10.1. The van der Waals surface area contributed by atoms with E-state index in [9.17, 15) is 9.59 Å². The van der Waals surface area contributed by atoms with E-state index in [1.165, 1.54) is 16.9 Å². The van der Waals surface area contributed by atoms with Crippen LogP contribution in [0.25, 0.3) is 0 Å². The summed E-state index contributed by atoms with van der Waals surface area (Å²) in [5.74, 6) is -0.142. The third kappa shape index (κ3) is 2.66. The Morgan fingerprint density at radius 2 is 2.21 bits per heavy atom. The van der Waals surface area contributed by atoms with E-state index in [-0.39, 0.29) is 17.9 Å². The molecule has 0 radical (unpaired) electrons. The summed E-state index contributed by atoms with van der Waals surface area (Å²) in [5.41, 5.74) is 1.32. The van der Waals surface area contributed by atoms with Gasteiger partial charge in [-0.15, -0.1) is 11.3 Å². The Morgan fingerprint density at radius 3 is 3.05 bits per heavy atom. The molecule has 1 aliphatic heterocycles. The maximum atomic E-state index is 12.2. The molecule has 0 bridgehead atoms. The lowest BCUT2D eigenvalue weighted by Crippen LogP contribution is -2.45. The third-order valence-corrected chi connectivity index (χ3v) is 5.05. The molecular weight excluding hydrogens is 260 g/mol. The van der Waals surface area contributed by atoms with Crippen molar-refractivity contribution in [3.05, 3.63) is 21.4 Å². The summed E-state index contributed by atoms with van der Waals surface area (Å²) in [4.78, 5) is 26.1. The van der Waals surface area contributed by atoms with Gasteiger partial charge in [0.1, 0.15) is 6.04 Å². The highest BCUT2D eigenvalue weighted by Crippen LogP contribution is 2.30. The zero-order chi connectivity index (χ0) is 13.2. The predicted molar refractivity (Wildman–Crippen MR) is 74.5 cm³/mol. The van der Waals surface area contributed by atoms with Crippen molar-refractivity contribution in [2.45, 2.75) is 44.6 Å². The molecule has 2 heterocycles. The summed E-state index contributed by atoms with van der Waals surface area (Å²) < 4.78 is 0. The number of carbonyl (C=O) groups is 2.